The Morgan fingerprint density at radius 1 is 1.50 bits per heavy atom. The lowest BCUT2D eigenvalue weighted by molar-refractivity contribution is 0.279. The van der Waals surface area contributed by atoms with Gasteiger partial charge in [-0.15, -0.1) is 0 Å². The molecular weight excluding hydrogens is 256 g/mol. The average molecular weight is 276 g/mol. The maximum atomic E-state index is 9.03. The van der Waals surface area contributed by atoms with E-state index in [2.05, 4.69) is 30.2 Å². The van der Waals surface area contributed by atoms with Crippen LogP contribution in [-0.2, 0) is 0 Å². The molecule has 0 saturated carbocycles. The van der Waals surface area contributed by atoms with Crippen LogP contribution in [0.5, 0.6) is 0 Å². The summed E-state index contributed by atoms with van der Waals surface area (Å²) in [7, 11) is 1.81. The van der Waals surface area contributed by atoms with Crippen LogP contribution in [0.1, 0.15) is 25.7 Å². The van der Waals surface area contributed by atoms with E-state index in [1.807, 2.05) is 7.05 Å². The van der Waals surface area contributed by atoms with Gasteiger partial charge in [0.05, 0.1) is 6.33 Å². The van der Waals surface area contributed by atoms with Gasteiger partial charge in [0.25, 0.3) is 0 Å². The highest BCUT2D eigenvalue weighted by Gasteiger charge is 2.27. The maximum absolute atomic E-state index is 9.03. The number of fused-ring (bicyclic) bond motifs is 1. The fourth-order valence-electron chi connectivity index (χ4n) is 2.88. The van der Waals surface area contributed by atoms with Gasteiger partial charge in [0, 0.05) is 26.2 Å². The Labute approximate surface area is 117 Å². The number of rotatable bonds is 5. The Bertz CT molecular complexity index is 583. The topological polar surface area (TPSA) is 90.0 Å². The first-order chi connectivity index (χ1) is 9.83. The number of nitrogens with zero attached hydrogens (tertiary/aromatic N) is 4. The number of anilines is 2. The minimum absolute atomic E-state index is 0.245. The molecule has 3 rings (SSSR count). The molecule has 1 saturated heterocycles. The second kappa shape index (κ2) is 5.62. The third kappa shape index (κ3) is 2.29. The number of nitrogens with one attached hydrogen (secondary N) is 2. The van der Waals surface area contributed by atoms with Gasteiger partial charge in [0.2, 0.25) is 5.95 Å². The molecule has 2 aromatic rings. The van der Waals surface area contributed by atoms with Gasteiger partial charge >= 0.3 is 0 Å². The van der Waals surface area contributed by atoms with Crippen molar-refractivity contribution < 1.29 is 5.11 Å². The van der Waals surface area contributed by atoms with Crippen LogP contribution in [0, 0.1) is 0 Å². The third-order valence-corrected chi connectivity index (χ3v) is 3.83. The van der Waals surface area contributed by atoms with Crippen LogP contribution in [0.15, 0.2) is 6.33 Å². The first-order valence-corrected chi connectivity index (χ1v) is 7.10. The van der Waals surface area contributed by atoms with E-state index in [4.69, 9.17) is 5.11 Å². The number of aromatic nitrogens is 4. The molecule has 1 unspecified atom stereocenters. The summed E-state index contributed by atoms with van der Waals surface area (Å²) in [6.07, 6.45) is 5.78. The largest absolute Gasteiger partial charge is 0.396 e. The van der Waals surface area contributed by atoms with Crippen LogP contribution in [0.25, 0.3) is 11.2 Å². The summed E-state index contributed by atoms with van der Waals surface area (Å²) in [4.78, 5) is 18.6. The number of hydrogen-bond donors (Lipinski definition) is 3. The molecule has 1 aliphatic rings. The van der Waals surface area contributed by atoms with Crippen LogP contribution in [0.2, 0.25) is 0 Å². The van der Waals surface area contributed by atoms with Crippen molar-refractivity contribution in [3.05, 3.63) is 6.33 Å². The van der Waals surface area contributed by atoms with Gasteiger partial charge in [0.1, 0.15) is 5.52 Å². The van der Waals surface area contributed by atoms with Crippen LogP contribution < -0.4 is 10.2 Å². The summed E-state index contributed by atoms with van der Waals surface area (Å²) in [5, 5.41) is 12.0. The van der Waals surface area contributed by atoms with Crippen molar-refractivity contribution in [3.63, 3.8) is 0 Å². The van der Waals surface area contributed by atoms with E-state index in [1.54, 1.807) is 6.33 Å². The molecule has 3 N–H and O–H groups in total. The van der Waals surface area contributed by atoms with Crippen LogP contribution in [0.3, 0.4) is 0 Å². The number of H-pyrrole nitrogens is 1. The maximum Gasteiger partial charge on any atom is 0.226 e. The Hall–Kier alpha value is -1.89. The van der Waals surface area contributed by atoms with Crippen LogP contribution in [-0.4, -0.2) is 51.3 Å². The van der Waals surface area contributed by atoms with E-state index in [1.165, 1.54) is 0 Å². The fourth-order valence-corrected chi connectivity index (χ4v) is 2.88. The Balaban J connectivity index is 1.97. The summed E-state index contributed by atoms with van der Waals surface area (Å²) >= 11 is 0. The molecule has 108 valence electrons. The molecule has 0 bridgehead atoms. The lowest BCUT2D eigenvalue weighted by Gasteiger charge is -2.26. The molecule has 7 nitrogen and oxygen atoms in total. The molecular formula is C13H20N6O. The molecule has 1 aliphatic heterocycles. The van der Waals surface area contributed by atoms with Crippen molar-refractivity contribution in [1.29, 1.82) is 0 Å². The summed E-state index contributed by atoms with van der Waals surface area (Å²) in [6, 6.07) is 0.438. The number of hydrogen-bond acceptors (Lipinski definition) is 6. The zero-order valence-electron chi connectivity index (χ0n) is 11.6. The Kier molecular flexibility index (Phi) is 3.68. The molecule has 1 fully saturated rings. The third-order valence-electron chi connectivity index (χ3n) is 3.83. The Morgan fingerprint density at radius 3 is 3.20 bits per heavy atom. The predicted octanol–water partition coefficient (Wildman–Crippen LogP) is 1.14. The summed E-state index contributed by atoms with van der Waals surface area (Å²) in [5.74, 6) is 1.50. The normalized spacial score (nSPS) is 18.9. The summed E-state index contributed by atoms with van der Waals surface area (Å²) in [5.41, 5.74) is 1.58. The highest BCUT2D eigenvalue weighted by molar-refractivity contribution is 5.84. The highest BCUT2D eigenvalue weighted by atomic mass is 16.2. The van der Waals surface area contributed by atoms with E-state index in [9.17, 15) is 0 Å². The minimum atomic E-state index is 0.245. The molecule has 3 heterocycles. The Morgan fingerprint density at radius 2 is 2.40 bits per heavy atom. The zero-order valence-corrected chi connectivity index (χ0v) is 11.6. The molecule has 0 spiro atoms. The molecule has 0 aliphatic carbocycles. The number of aromatic amines is 1. The van der Waals surface area contributed by atoms with Gasteiger partial charge in [-0.1, -0.05) is 0 Å². The van der Waals surface area contributed by atoms with Crippen LogP contribution in [0.4, 0.5) is 11.8 Å². The quantitative estimate of drug-likeness (QED) is 0.758. The van der Waals surface area contributed by atoms with E-state index in [0.717, 1.165) is 43.6 Å². The summed E-state index contributed by atoms with van der Waals surface area (Å²) in [6.45, 7) is 1.24. The van der Waals surface area contributed by atoms with Crippen molar-refractivity contribution >= 4 is 22.9 Å². The molecule has 2 aromatic heterocycles. The SMILES string of the molecule is CNc1nc(N2CCCC2CCCO)c2[nH]cnc2n1. The first-order valence-electron chi connectivity index (χ1n) is 7.10. The molecule has 20 heavy (non-hydrogen) atoms. The average Bonchev–Trinajstić information content (AvgIpc) is 3.12. The van der Waals surface area contributed by atoms with Gasteiger partial charge in [0.15, 0.2) is 11.5 Å². The number of imidazole rings is 1. The second-order valence-electron chi connectivity index (χ2n) is 5.08. The van der Waals surface area contributed by atoms with Gasteiger partial charge in [-0.3, -0.25) is 0 Å². The molecule has 0 aromatic carbocycles. The van der Waals surface area contributed by atoms with E-state index < -0.39 is 0 Å². The molecule has 0 amide bonds. The van der Waals surface area contributed by atoms with E-state index >= 15 is 0 Å². The highest BCUT2D eigenvalue weighted by Crippen LogP contribution is 2.31. The molecule has 7 heteroatoms. The van der Waals surface area contributed by atoms with Crippen molar-refractivity contribution in [3.8, 4) is 0 Å². The lowest BCUT2D eigenvalue weighted by atomic mass is 10.1. The molecule has 1 atom stereocenters. The van der Waals surface area contributed by atoms with Crippen molar-refractivity contribution in [2.24, 2.45) is 0 Å². The smallest absolute Gasteiger partial charge is 0.226 e. The van der Waals surface area contributed by atoms with Gasteiger partial charge in [-0.25, -0.2) is 4.98 Å². The standard InChI is InChI=1S/C13H20N6O/c1-14-13-17-11-10(15-8-16-11)12(18-13)19-6-2-4-9(19)5-3-7-20/h8-9,20H,2-7H2,1H3,(H2,14,15,16,17,18). The predicted molar refractivity (Wildman–Crippen MR) is 77.9 cm³/mol. The second-order valence-corrected chi connectivity index (χ2v) is 5.08. The number of aliphatic hydroxyl groups excluding tert-OH is 1. The monoisotopic (exact) mass is 276 g/mol. The van der Waals surface area contributed by atoms with Gasteiger partial charge < -0.3 is 20.3 Å². The van der Waals surface area contributed by atoms with Gasteiger partial charge in [-0.2, -0.15) is 9.97 Å². The minimum Gasteiger partial charge on any atom is -0.396 e. The van der Waals surface area contributed by atoms with Gasteiger partial charge in [-0.05, 0) is 25.7 Å². The van der Waals surface area contributed by atoms with Crippen LogP contribution >= 0.6 is 0 Å². The van der Waals surface area contributed by atoms with Crippen molar-refractivity contribution in [2.75, 3.05) is 30.4 Å². The lowest BCUT2D eigenvalue weighted by Crippen LogP contribution is -2.30. The van der Waals surface area contributed by atoms with E-state index in [-0.39, 0.29) is 6.61 Å². The fraction of sp³-hybridized carbons (Fsp3) is 0.615. The number of aliphatic hydroxyl groups is 1. The summed E-state index contributed by atoms with van der Waals surface area (Å²) < 4.78 is 0. The van der Waals surface area contributed by atoms with E-state index in [0.29, 0.717) is 17.6 Å². The zero-order chi connectivity index (χ0) is 13.9. The van der Waals surface area contributed by atoms with Crippen molar-refractivity contribution in [1.82, 2.24) is 19.9 Å². The molecule has 0 radical (unpaired) electrons. The first kappa shape index (κ1) is 13.1. The van der Waals surface area contributed by atoms with Crippen molar-refractivity contribution in [2.45, 2.75) is 31.7 Å².